The lowest BCUT2D eigenvalue weighted by molar-refractivity contribution is -0.146. The Kier molecular flexibility index (Phi) is 9.62. The lowest BCUT2D eigenvalue weighted by Gasteiger charge is -2.32. The van der Waals surface area contributed by atoms with Gasteiger partial charge in [0.15, 0.2) is 0 Å². The lowest BCUT2D eigenvalue weighted by Crippen LogP contribution is -2.51. The number of methoxy groups -OCH3 is 1. The number of benzene rings is 1. The van der Waals surface area contributed by atoms with E-state index < -0.39 is 35.2 Å². The van der Waals surface area contributed by atoms with E-state index in [4.69, 9.17) is 14.2 Å². The van der Waals surface area contributed by atoms with Crippen molar-refractivity contribution in [2.24, 2.45) is 5.41 Å². The van der Waals surface area contributed by atoms with Gasteiger partial charge in [-0.2, -0.15) is 0 Å². The summed E-state index contributed by atoms with van der Waals surface area (Å²) in [5.74, 6) is -0.559. The zero-order valence-corrected chi connectivity index (χ0v) is 18.7. The second kappa shape index (κ2) is 11.4. The number of hydrogen-bond donors (Lipinski definition) is 2. The molecule has 1 atom stereocenters. The van der Waals surface area contributed by atoms with Gasteiger partial charge in [0.1, 0.15) is 18.2 Å². The summed E-state index contributed by atoms with van der Waals surface area (Å²) in [6.07, 6.45) is -0.0659. The molecule has 1 rings (SSSR count). The van der Waals surface area contributed by atoms with Gasteiger partial charge in [-0.25, -0.2) is 14.4 Å². The van der Waals surface area contributed by atoms with Crippen LogP contribution in [0.5, 0.6) is 0 Å². The van der Waals surface area contributed by atoms with Gasteiger partial charge < -0.3 is 24.8 Å². The highest BCUT2D eigenvalue weighted by Gasteiger charge is 2.37. The molecule has 1 aromatic rings. The van der Waals surface area contributed by atoms with Gasteiger partial charge in [0.2, 0.25) is 0 Å². The van der Waals surface area contributed by atoms with Crippen LogP contribution in [0, 0.1) is 5.41 Å². The summed E-state index contributed by atoms with van der Waals surface area (Å²) < 4.78 is 15.3. The highest BCUT2D eigenvalue weighted by molar-refractivity contribution is 5.82. The van der Waals surface area contributed by atoms with Crippen molar-refractivity contribution in [2.45, 2.75) is 65.7 Å². The standard InChI is InChI=1S/C22H34N2O6/c1-21(2,3)30-19(26)23-14-10-13-22(4,5)17(18(25)28-6)24-20(27)29-15-16-11-8-7-9-12-16/h7-9,11-12,17H,10,13-15H2,1-6H3,(H,23,26)(H,24,27)/t17-/m0/s1. The Balaban J connectivity index is 2.57. The third-order valence-corrected chi connectivity index (χ3v) is 4.36. The van der Waals surface area contributed by atoms with E-state index in [9.17, 15) is 14.4 Å². The van der Waals surface area contributed by atoms with Crippen molar-refractivity contribution >= 4 is 18.2 Å². The minimum Gasteiger partial charge on any atom is -0.467 e. The zero-order valence-electron chi connectivity index (χ0n) is 18.7. The predicted molar refractivity (Wildman–Crippen MR) is 113 cm³/mol. The Labute approximate surface area is 178 Å². The van der Waals surface area contributed by atoms with Gasteiger partial charge in [-0.05, 0) is 44.6 Å². The molecule has 0 fully saturated rings. The molecule has 8 nitrogen and oxygen atoms in total. The molecule has 30 heavy (non-hydrogen) atoms. The van der Waals surface area contributed by atoms with Gasteiger partial charge >= 0.3 is 18.2 Å². The molecule has 0 heterocycles. The van der Waals surface area contributed by atoms with E-state index in [0.29, 0.717) is 19.4 Å². The number of ether oxygens (including phenoxy) is 3. The highest BCUT2D eigenvalue weighted by Crippen LogP contribution is 2.28. The molecule has 0 bridgehead atoms. The molecule has 1 aromatic carbocycles. The maximum atomic E-state index is 12.3. The van der Waals surface area contributed by atoms with Crippen LogP contribution in [0.25, 0.3) is 0 Å². The normalized spacial score (nSPS) is 12.5. The van der Waals surface area contributed by atoms with E-state index in [1.54, 1.807) is 20.8 Å². The first-order valence-electron chi connectivity index (χ1n) is 9.96. The van der Waals surface area contributed by atoms with E-state index in [1.807, 2.05) is 44.2 Å². The third-order valence-electron chi connectivity index (χ3n) is 4.36. The fourth-order valence-corrected chi connectivity index (χ4v) is 2.77. The summed E-state index contributed by atoms with van der Waals surface area (Å²) in [6.45, 7) is 9.54. The molecular weight excluding hydrogens is 388 g/mol. The van der Waals surface area contributed by atoms with Crippen LogP contribution in [0.2, 0.25) is 0 Å². The van der Waals surface area contributed by atoms with Crippen LogP contribution in [0.3, 0.4) is 0 Å². The van der Waals surface area contributed by atoms with Crippen molar-refractivity contribution in [3.63, 3.8) is 0 Å². The number of carbonyl (C=O) groups excluding carboxylic acids is 3. The maximum Gasteiger partial charge on any atom is 0.408 e. The second-order valence-electron chi connectivity index (χ2n) is 8.68. The first kappa shape index (κ1) is 25.3. The lowest BCUT2D eigenvalue weighted by atomic mass is 9.80. The second-order valence-corrected chi connectivity index (χ2v) is 8.68. The van der Waals surface area contributed by atoms with E-state index in [2.05, 4.69) is 10.6 Å². The zero-order chi connectivity index (χ0) is 22.8. The molecule has 0 radical (unpaired) electrons. The summed E-state index contributed by atoms with van der Waals surface area (Å²) in [7, 11) is 1.27. The van der Waals surface area contributed by atoms with Crippen molar-refractivity contribution in [3.05, 3.63) is 35.9 Å². The Hall–Kier alpha value is -2.77. The summed E-state index contributed by atoms with van der Waals surface area (Å²) in [4.78, 5) is 36.2. The molecule has 2 amide bonds. The Morgan fingerprint density at radius 1 is 1.00 bits per heavy atom. The predicted octanol–water partition coefficient (Wildman–Crippen LogP) is 3.79. The molecule has 168 valence electrons. The van der Waals surface area contributed by atoms with Gasteiger partial charge in [-0.15, -0.1) is 0 Å². The number of amides is 2. The molecule has 2 N–H and O–H groups in total. The van der Waals surface area contributed by atoms with Crippen LogP contribution in [-0.2, 0) is 25.6 Å². The Morgan fingerprint density at radius 3 is 2.20 bits per heavy atom. The molecule has 8 heteroatoms. The average molecular weight is 423 g/mol. The molecular formula is C22H34N2O6. The number of carbonyl (C=O) groups is 3. The highest BCUT2D eigenvalue weighted by atomic mass is 16.6. The summed E-state index contributed by atoms with van der Waals surface area (Å²) >= 11 is 0. The van der Waals surface area contributed by atoms with Crippen LogP contribution in [-0.4, -0.2) is 43.5 Å². The van der Waals surface area contributed by atoms with Gasteiger partial charge in [0.25, 0.3) is 0 Å². The van der Waals surface area contributed by atoms with Crippen molar-refractivity contribution in [3.8, 4) is 0 Å². The fraction of sp³-hybridized carbons (Fsp3) is 0.591. The van der Waals surface area contributed by atoms with Crippen LogP contribution < -0.4 is 10.6 Å². The summed E-state index contributed by atoms with van der Waals surface area (Å²) in [5.41, 5.74) is -0.354. The average Bonchev–Trinajstić information content (AvgIpc) is 2.66. The minimum atomic E-state index is -0.896. The summed E-state index contributed by atoms with van der Waals surface area (Å²) in [6, 6.07) is 8.35. The van der Waals surface area contributed by atoms with Crippen LogP contribution in [0.1, 0.15) is 53.0 Å². The largest absolute Gasteiger partial charge is 0.467 e. The van der Waals surface area contributed by atoms with Crippen LogP contribution >= 0.6 is 0 Å². The summed E-state index contributed by atoms with van der Waals surface area (Å²) in [5, 5.41) is 5.30. The first-order valence-corrected chi connectivity index (χ1v) is 9.96. The van der Waals surface area contributed by atoms with Crippen LogP contribution in [0.4, 0.5) is 9.59 Å². The van der Waals surface area contributed by atoms with Gasteiger partial charge in [-0.3, -0.25) is 0 Å². The van der Waals surface area contributed by atoms with E-state index in [0.717, 1.165) is 5.56 Å². The first-order chi connectivity index (χ1) is 13.9. The van der Waals surface area contributed by atoms with E-state index >= 15 is 0 Å². The molecule has 0 aliphatic carbocycles. The van der Waals surface area contributed by atoms with Crippen molar-refractivity contribution in [1.29, 1.82) is 0 Å². The quantitative estimate of drug-likeness (QED) is 0.357. The van der Waals surface area contributed by atoms with Crippen molar-refractivity contribution in [1.82, 2.24) is 10.6 Å². The molecule has 0 unspecified atom stereocenters. The number of hydrogen-bond acceptors (Lipinski definition) is 6. The van der Waals surface area contributed by atoms with E-state index in [1.165, 1.54) is 7.11 Å². The molecule has 0 saturated carbocycles. The Bertz CT molecular complexity index is 697. The van der Waals surface area contributed by atoms with Crippen LogP contribution in [0.15, 0.2) is 30.3 Å². The molecule has 0 saturated heterocycles. The van der Waals surface area contributed by atoms with Crippen molar-refractivity contribution < 1.29 is 28.6 Å². The molecule has 0 aliphatic rings. The fourth-order valence-electron chi connectivity index (χ4n) is 2.77. The monoisotopic (exact) mass is 422 g/mol. The number of esters is 1. The molecule has 0 spiro atoms. The molecule has 0 aliphatic heterocycles. The topological polar surface area (TPSA) is 103 Å². The SMILES string of the molecule is COC(=O)[C@H](NC(=O)OCc1ccccc1)C(C)(C)CCCNC(=O)OC(C)(C)C. The van der Waals surface area contributed by atoms with Gasteiger partial charge in [0.05, 0.1) is 7.11 Å². The number of alkyl carbamates (subject to hydrolysis) is 2. The number of nitrogens with one attached hydrogen (secondary N) is 2. The third kappa shape index (κ3) is 9.62. The van der Waals surface area contributed by atoms with Gasteiger partial charge in [0, 0.05) is 6.54 Å². The molecule has 0 aromatic heterocycles. The minimum absolute atomic E-state index is 0.0980. The van der Waals surface area contributed by atoms with Gasteiger partial charge in [-0.1, -0.05) is 44.2 Å². The Morgan fingerprint density at radius 2 is 1.63 bits per heavy atom. The smallest absolute Gasteiger partial charge is 0.408 e. The van der Waals surface area contributed by atoms with E-state index in [-0.39, 0.29) is 6.61 Å². The number of rotatable bonds is 9. The van der Waals surface area contributed by atoms with Crippen molar-refractivity contribution in [2.75, 3.05) is 13.7 Å². The maximum absolute atomic E-state index is 12.3.